The van der Waals surface area contributed by atoms with E-state index in [1.807, 2.05) is 0 Å². The molecule has 0 aliphatic heterocycles. The number of halogens is 1. The number of anilines is 1. The van der Waals surface area contributed by atoms with Crippen molar-refractivity contribution in [1.82, 2.24) is 4.98 Å². The van der Waals surface area contributed by atoms with Crippen molar-refractivity contribution in [2.24, 2.45) is 0 Å². The third-order valence-corrected chi connectivity index (χ3v) is 3.78. The van der Waals surface area contributed by atoms with Crippen molar-refractivity contribution in [3.05, 3.63) is 87.9 Å². The Bertz CT molecular complexity index is 944. The Morgan fingerprint density at radius 2 is 2.04 bits per heavy atom. The molecule has 0 fully saturated rings. The minimum atomic E-state index is -0.889. The van der Waals surface area contributed by atoms with Crippen LogP contribution >= 0.6 is 0 Å². The zero-order valence-electron chi connectivity index (χ0n) is 14.0. The van der Waals surface area contributed by atoms with Gasteiger partial charge in [0.25, 0.3) is 0 Å². The molecule has 1 unspecified atom stereocenters. The van der Waals surface area contributed by atoms with Crippen molar-refractivity contribution in [2.45, 2.75) is 12.6 Å². The number of rotatable bonds is 6. The van der Waals surface area contributed by atoms with Crippen LogP contribution in [0, 0.1) is 5.82 Å². The van der Waals surface area contributed by atoms with Crippen LogP contribution in [-0.4, -0.2) is 17.2 Å². The van der Waals surface area contributed by atoms with Gasteiger partial charge >= 0.3 is 0 Å². The molecule has 3 rings (SSSR count). The summed E-state index contributed by atoms with van der Waals surface area (Å²) in [5, 5.41) is 12.4. The first kappa shape index (κ1) is 17.6. The largest absolute Gasteiger partial charge is 0.490 e. The average molecular weight is 356 g/mol. The third kappa shape index (κ3) is 3.57. The molecule has 2 heterocycles. The first-order valence-electron chi connectivity index (χ1n) is 7.87. The summed E-state index contributed by atoms with van der Waals surface area (Å²) in [6.45, 7) is -0.472. The van der Waals surface area contributed by atoms with Crippen LogP contribution in [0.1, 0.15) is 23.1 Å². The van der Waals surface area contributed by atoms with Crippen molar-refractivity contribution in [2.75, 3.05) is 12.4 Å². The van der Waals surface area contributed by atoms with E-state index in [0.29, 0.717) is 5.82 Å². The summed E-state index contributed by atoms with van der Waals surface area (Å²) in [5.74, 6) is 0.00791. The van der Waals surface area contributed by atoms with Gasteiger partial charge in [-0.25, -0.2) is 9.37 Å². The molecule has 134 valence electrons. The molecular formula is C19H17FN2O4. The summed E-state index contributed by atoms with van der Waals surface area (Å²) in [5.41, 5.74) is -0.225. The molecule has 0 amide bonds. The number of aliphatic hydroxyl groups is 1. The van der Waals surface area contributed by atoms with Crippen molar-refractivity contribution in [3.63, 3.8) is 0 Å². The third-order valence-electron chi connectivity index (χ3n) is 3.78. The first-order valence-corrected chi connectivity index (χ1v) is 7.87. The monoisotopic (exact) mass is 356 g/mol. The highest BCUT2D eigenvalue weighted by Crippen LogP contribution is 2.32. The molecule has 0 spiro atoms. The summed E-state index contributed by atoms with van der Waals surface area (Å²) < 4.78 is 25.3. The first-order chi connectivity index (χ1) is 12.6. The van der Waals surface area contributed by atoms with Gasteiger partial charge < -0.3 is 19.6 Å². The molecule has 3 aromatic rings. The van der Waals surface area contributed by atoms with Gasteiger partial charge in [0, 0.05) is 17.8 Å². The molecule has 1 atom stereocenters. The Hall–Kier alpha value is -3.19. The fourth-order valence-corrected chi connectivity index (χ4v) is 2.61. The van der Waals surface area contributed by atoms with Crippen molar-refractivity contribution < 1.29 is 18.7 Å². The molecule has 26 heavy (non-hydrogen) atoms. The Balaban J connectivity index is 2.19. The zero-order valence-corrected chi connectivity index (χ0v) is 14.0. The number of nitrogens with zero attached hydrogens (tertiary/aromatic N) is 1. The summed E-state index contributed by atoms with van der Waals surface area (Å²) in [7, 11) is 1.33. The van der Waals surface area contributed by atoms with E-state index >= 15 is 0 Å². The van der Waals surface area contributed by atoms with Crippen molar-refractivity contribution in [3.8, 4) is 5.75 Å². The predicted octanol–water partition coefficient (Wildman–Crippen LogP) is 2.88. The SMILES string of the molecule is COc1c(C(Nc2ccccn2)c2ccccc2F)oc(CO)cc1=O. The normalized spacial score (nSPS) is 11.8. The lowest BCUT2D eigenvalue weighted by Crippen LogP contribution is -2.19. The number of aromatic nitrogens is 1. The fraction of sp³-hybridized carbons (Fsp3) is 0.158. The van der Waals surface area contributed by atoms with E-state index in [2.05, 4.69) is 10.3 Å². The van der Waals surface area contributed by atoms with E-state index in [1.165, 1.54) is 13.2 Å². The van der Waals surface area contributed by atoms with Crippen LogP contribution in [0.15, 0.2) is 63.9 Å². The molecular weight excluding hydrogens is 339 g/mol. The van der Waals surface area contributed by atoms with E-state index in [4.69, 9.17) is 9.15 Å². The van der Waals surface area contributed by atoms with Crippen LogP contribution in [0.3, 0.4) is 0 Å². The number of benzene rings is 1. The Morgan fingerprint density at radius 3 is 2.69 bits per heavy atom. The van der Waals surface area contributed by atoms with Gasteiger partial charge in [-0.1, -0.05) is 24.3 Å². The van der Waals surface area contributed by atoms with Gasteiger partial charge in [0.2, 0.25) is 11.2 Å². The van der Waals surface area contributed by atoms with Crippen LogP contribution in [0.25, 0.3) is 0 Å². The number of hydrogen-bond donors (Lipinski definition) is 2. The topological polar surface area (TPSA) is 84.6 Å². The number of pyridine rings is 1. The van der Waals surface area contributed by atoms with Gasteiger partial charge in [-0.2, -0.15) is 0 Å². The van der Waals surface area contributed by atoms with E-state index in [9.17, 15) is 14.3 Å². The molecule has 2 N–H and O–H groups in total. The second kappa shape index (κ2) is 7.79. The lowest BCUT2D eigenvalue weighted by Gasteiger charge is -2.21. The van der Waals surface area contributed by atoms with Crippen LogP contribution in [0.5, 0.6) is 5.75 Å². The minimum absolute atomic E-state index is 0.0509. The highest BCUT2D eigenvalue weighted by atomic mass is 19.1. The molecule has 0 saturated carbocycles. The minimum Gasteiger partial charge on any atom is -0.490 e. The summed E-state index contributed by atoms with van der Waals surface area (Å²) in [6, 6.07) is 11.6. The standard InChI is InChI=1S/C19H17FN2O4/c1-25-18-15(24)10-12(11-23)26-19(18)17(13-6-2-3-7-14(13)20)22-16-8-4-5-9-21-16/h2-10,17,23H,11H2,1H3,(H,21,22). The summed E-state index contributed by atoms with van der Waals surface area (Å²) in [4.78, 5) is 16.5. The van der Waals surface area contributed by atoms with Crippen LogP contribution in [0.4, 0.5) is 10.2 Å². The quantitative estimate of drug-likeness (QED) is 0.706. The van der Waals surface area contributed by atoms with Gasteiger partial charge in [0.05, 0.1) is 7.11 Å². The summed E-state index contributed by atoms with van der Waals surface area (Å²) in [6.07, 6.45) is 1.58. The molecule has 0 bridgehead atoms. The Morgan fingerprint density at radius 1 is 1.27 bits per heavy atom. The molecule has 1 aromatic carbocycles. The van der Waals surface area contributed by atoms with E-state index in [0.717, 1.165) is 6.07 Å². The zero-order chi connectivity index (χ0) is 18.5. The highest BCUT2D eigenvalue weighted by Gasteiger charge is 2.26. The maximum Gasteiger partial charge on any atom is 0.227 e. The van der Waals surface area contributed by atoms with Crippen LogP contribution in [-0.2, 0) is 6.61 Å². The van der Waals surface area contributed by atoms with Gasteiger partial charge in [-0.05, 0) is 18.2 Å². The van der Waals surface area contributed by atoms with Gasteiger partial charge in [0.15, 0.2) is 5.76 Å². The maximum absolute atomic E-state index is 14.5. The van der Waals surface area contributed by atoms with Gasteiger partial charge in [-0.15, -0.1) is 0 Å². The average Bonchev–Trinajstić information content (AvgIpc) is 2.67. The van der Waals surface area contributed by atoms with E-state index in [1.54, 1.807) is 42.6 Å². The van der Waals surface area contributed by atoms with Crippen molar-refractivity contribution in [1.29, 1.82) is 0 Å². The Kier molecular flexibility index (Phi) is 5.28. The van der Waals surface area contributed by atoms with Crippen LogP contribution in [0.2, 0.25) is 0 Å². The number of methoxy groups -OCH3 is 1. The lowest BCUT2D eigenvalue weighted by atomic mass is 10.0. The van der Waals surface area contributed by atoms with Crippen molar-refractivity contribution >= 4 is 5.82 Å². The molecule has 0 aliphatic carbocycles. The fourth-order valence-electron chi connectivity index (χ4n) is 2.61. The smallest absolute Gasteiger partial charge is 0.227 e. The molecule has 0 radical (unpaired) electrons. The van der Waals surface area contributed by atoms with E-state index in [-0.39, 0.29) is 22.8 Å². The predicted molar refractivity (Wildman–Crippen MR) is 93.6 cm³/mol. The second-order valence-corrected chi connectivity index (χ2v) is 5.45. The van der Waals surface area contributed by atoms with E-state index < -0.39 is 23.9 Å². The Labute approximate surface area is 148 Å². The van der Waals surface area contributed by atoms with Gasteiger partial charge in [-0.3, -0.25) is 4.79 Å². The lowest BCUT2D eigenvalue weighted by molar-refractivity contribution is 0.233. The molecule has 0 aliphatic rings. The molecule has 6 nitrogen and oxygen atoms in total. The number of nitrogens with one attached hydrogen (secondary N) is 1. The number of hydrogen-bond acceptors (Lipinski definition) is 6. The van der Waals surface area contributed by atoms with Crippen LogP contribution < -0.4 is 15.5 Å². The number of aliphatic hydroxyl groups excluding tert-OH is 1. The molecule has 2 aromatic heterocycles. The highest BCUT2D eigenvalue weighted by molar-refractivity contribution is 5.45. The second-order valence-electron chi connectivity index (χ2n) is 5.45. The molecule has 0 saturated heterocycles. The summed E-state index contributed by atoms with van der Waals surface area (Å²) >= 11 is 0. The molecule has 7 heteroatoms. The van der Waals surface area contributed by atoms with Gasteiger partial charge in [0.1, 0.15) is 30.0 Å². The number of ether oxygens (including phenoxy) is 1. The maximum atomic E-state index is 14.5.